The zero-order valence-electron chi connectivity index (χ0n) is 16.4. The molecule has 152 valence electrons. The first-order valence-corrected chi connectivity index (χ1v) is 9.72. The number of fused-ring (bicyclic) bond motifs is 1. The lowest BCUT2D eigenvalue weighted by Gasteiger charge is -2.17. The van der Waals surface area contributed by atoms with Crippen molar-refractivity contribution in [2.45, 2.75) is 25.9 Å². The summed E-state index contributed by atoms with van der Waals surface area (Å²) in [6.07, 6.45) is 0.606. The Hall–Kier alpha value is -3.54. The first-order chi connectivity index (χ1) is 14.5. The van der Waals surface area contributed by atoms with E-state index in [2.05, 4.69) is 10.3 Å². The van der Waals surface area contributed by atoms with E-state index in [1.165, 1.54) is 0 Å². The summed E-state index contributed by atoms with van der Waals surface area (Å²) in [5, 5.41) is 2.84. The van der Waals surface area contributed by atoms with Crippen LogP contribution in [0, 0.1) is 0 Å². The molecule has 4 rings (SSSR count). The largest absolute Gasteiger partial charge is 0.342 e. The van der Waals surface area contributed by atoms with Crippen LogP contribution in [0.25, 0.3) is 11.0 Å². The van der Waals surface area contributed by atoms with Crippen molar-refractivity contribution in [3.63, 3.8) is 0 Å². The van der Waals surface area contributed by atoms with E-state index >= 15 is 0 Å². The highest BCUT2D eigenvalue weighted by atomic mass is 19.3. The van der Waals surface area contributed by atoms with E-state index in [0.29, 0.717) is 23.0 Å². The number of para-hydroxylation sites is 2. The van der Waals surface area contributed by atoms with Crippen LogP contribution in [-0.2, 0) is 6.42 Å². The topological polar surface area (TPSA) is 46.9 Å². The minimum absolute atomic E-state index is 0.125. The maximum Gasteiger partial charge on any atom is 0.320 e. The van der Waals surface area contributed by atoms with Crippen LogP contribution in [-0.4, -0.2) is 15.5 Å². The Labute approximate surface area is 173 Å². The molecule has 3 aromatic carbocycles. The maximum absolute atomic E-state index is 13.7. The van der Waals surface area contributed by atoms with Gasteiger partial charge in [-0.05, 0) is 42.7 Å². The molecule has 1 N–H and O–H groups in total. The molecule has 1 heterocycles. The summed E-state index contributed by atoms with van der Waals surface area (Å²) in [7, 11) is 0. The van der Waals surface area contributed by atoms with Crippen molar-refractivity contribution in [3.05, 3.63) is 101 Å². The molecule has 1 amide bonds. The van der Waals surface area contributed by atoms with Crippen LogP contribution in [0.5, 0.6) is 0 Å². The molecule has 0 radical (unpaired) electrons. The minimum atomic E-state index is -2.75. The van der Waals surface area contributed by atoms with Gasteiger partial charge in [-0.15, -0.1) is 0 Å². The smallest absolute Gasteiger partial charge is 0.320 e. The summed E-state index contributed by atoms with van der Waals surface area (Å²) in [4.78, 5) is 17.3. The van der Waals surface area contributed by atoms with E-state index in [4.69, 9.17) is 0 Å². The van der Waals surface area contributed by atoms with Crippen LogP contribution in [0.4, 0.5) is 8.78 Å². The lowest BCUT2D eigenvalue weighted by molar-refractivity contribution is 0.0687. The molecule has 0 unspecified atom stereocenters. The van der Waals surface area contributed by atoms with E-state index in [0.717, 1.165) is 15.7 Å². The van der Waals surface area contributed by atoms with Crippen LogP contribution in [0.2, 0.25) is 0 Å². The number of hydrogen-bond donors (Lipinski definition) is 1. The molecule has 1 aromatic heterocycles. The summed E-state index contributed by atoms with van der Waals surface area (Å²) >= 11 is 0. The Kier molecular flexibility index (Phi) is 5.57. The molecule has 0 aliphatic carbocycles. The summed E-state index contributed by atoms with van der Waals surface area (Å²) < 4.78 is 28.3. The van der Waals surface area contributed by atoms with Gasteiger partial charge in [-0.25, -0.2) is 4.98 Å². The number of rotatable bonds is 6. The SMILES string of the molecule is C[C@@H](NC(=O)c1ccccc1Cc1ccccc1)c1nc2ccccc2n1C(F)F. The standard InChI is InChI=1S/C24H21F2N3O/c1-16(22-28-20-13-7-8-14-21(20)29(22)24(25)26)27-23(30)19-12-6-5-11-18(19)15-17-9-3-2-4-10-17/h2-14,16,24H,15H2,1H3,(H,27,30)/t16-/m1/s1. The molecule has 0 aliphatic rings. The van der Waals surface area contributed by atoms with E-state index < -0.39 is 12.6 Å². The van der Waals surface area contributed by atoms with E-state index in [1.807, 2.05) is 42.5 Å². The van der Waals surface area contributed by atoms with Crippen LogP contribution in [0.15, 0.2) is 78.9 Å². The number of imidazole rings is 1. The van der Waals surface area contributed by atoms with Crippen LogP contribution >= 0.6 is 0 Å². The van der Waals surface area contributed by atoms with Crippen LogP contribution in [0.1, 0.15) is 46.8 Å². The highest BCUT2D eigenvalue weighted by Gasteiger charge is 2.23. The first kappa shape index (κ1) is 19.8. The van der Waals surface area contributed by atoms with Crippen molar-refractivity contribution in [2.24, 2.45) is 0 Å². The second-order valence-corrected chi connectivity index (χ2v) is 7.12. The number of aromatic nitrogens is 2. The fourth-order valence-corrected chi connectivity index (χ4v) is 3.62. The maximum atomic E-state index is 13.7. The number of halogens is 2. The Bertz CT molecular complexity index is 1170. The molecule has 30 heavy (non-hydrogen) atoms. The van der Waals surface area contributed by atoms with Crippen molar-refractivity contribution >= 4 is 16.9 Å². The van der Waals surface area contributed by atoms with Gasteiger partial charge >= 0.3 is 6.55 Å². The fourth-order valence-electron chi connectivity index (χ4n) is 3.62. The van der Waals surface area contributed by atoms with Gasteiger partial charge in [-0.1, -0.05) is 60.7 Å². The number of amides is 1. The molecule has 0 bridgehead atoms. The third-order valence-corrected chi connectivity index (χ3v) is 5.05. The van der Waals surface area contributed by atoms with Crippen molar-refractivity contribution in [2.75, 3.05) is 0 Å². The number of hydrogen-bond acceptors (Lipinski definition) is 2. The predicted octanol–water partition coefficient (Wildman–Crippen LogP) is 5.51. The Morgan fingerprint density at radius 2 is 1.63 bits per heavy atom. The number of benzene rings is 3. The van der Waals surface area contributed by atoms with E-state index in [1.54, 1.807) is 43.3 Å². The number of carbonyl (C=O) groups is 1. The third kappa shape index (κ3) is 3.94. The fraction of sp³-hybridized carbons (Fsp3) is 0.167. The monoisotopic (exact) mass is 405 g/mol. The van der Waals surface area contributed by atoms with Crippen molar-refractivity contribution < 1.29 is 13.6 Å². The molecule has 1 atom stereocenters. The van der Waals surface area contributed by atoms with Gasteiger partial charge in [0.25, 0.3) is 5.91 Å². The Morgan fingerprint density at radius 3 is 2.40 bits per heavy atom. The lowest BCUT2D eigenvalue weighted by atomic mass is 9.99. The van der Waals surface area contributed by atoms with Gasteiger partial charge in [-0.3, -0.25) is 9.36 Å². The molecule has 6 heteroatoms. The number of alkyl halides is 2. The molecule has 0 saturated carbocycles. The van der Waals surface area contributed by atoms with Crippen LogP contribution in [0.3, 0.4) is 0 Å². The summed E-state index contributed by atoms with van der Waals surface area (Å²) in [6.45, 7) is -1.09. The average molecular weight is 405 g/mol. The number of nitrogens with one attached hydrogen (secondary N) is 1. The molecular formula is C24H21F2N3O. The van der Waals surface area contributed by atoms with Gasteiger partial charge in [-0.2, -0.15) is 8.78 Å². The third-order valence-electron chi connectivity index (χ3n) is 5.05. The quantitative estimate of drug-likeness (QED) is 0.460. The molecule has 0 spiro atoms. The first-order valence-electron chi connectivity index (χ1n) is 9.72. The normalized spacial score (nSPS) is 12.3. The lowest BCUT2D eigenvalue weighted by Crippen LogP contribution is -2.29. The summed E-state index contributed by atoms with van der Waals surface area (Å²) in [5.41, 5.74) is 3.29. The highest BCUT2D eigenvalue weighted by molar-refractivity contribution is 5.96. The van der Waals surface area contributed by atoms with Gasteiger partial charge in [0.15, 0.2) is 0 Å². The van der Waals surface area contributed by atoms with Crippen molar-refractivity contribution in [1.29, 1.82) is 0 Å². The predicted molar refractivity (Wildman–Crippen MR) is 113 cm³/mol. The van der Waals surface area contributed by atoms with Crippen molar-refractivity contribution in [1.82, 2.24) is 14.9 Å². The summed E-state index contributed by atoms with van der Waals surface area (Å²) in [5.74, 6) is -0.193. The second kappa shape index (κ2) is 8.45. The molecule has 0 saturated heterocycles. The van der Waals surface area contributed by atoms with Gasteiger partial charge in [0.05, 0.1) is 17.1 Å². The van der Waals surface area contributed by atoms with Gasteiger partial charge < -0.3 is 5.32 Å². The molecule has 0 aliphatic heterocycles. The Morgan fingerprint density at radius 1 is 0.967 bits per heavy atom. The molecule has 0 fully saturated rings. The number of nitrogens with zero attached hydrogens (tertiary/aromatic N) is 2. The summed E-state index contributed by atoms with van der Waals surface area (Å²) in [6, 6.07) is 23.2. The van der Waals surface area contributed by atoms with E-state index in [-0.39, 0.29) is 11.7 Å². The molecular weight excluding hydrogens is 384 g/mol. The van der Waals surface area contributed by atoms with E-state index in [9.17, 15) is 13.6 Å². The number of carbonyl (C=O) groups excluding carboxylic acids is 1. The minimum Gasteiger partial charge on any atom is -0.342 e. The highest BCUT2D eigenvalue weighted by Crippen LogP contribution is 2.27. The zero-order chi connectivity index (χ0) is 21.1. The van der Waals surface area contributed by atoms with Gasteiger partial charge in [0.1, 0.15) is 5.82 Å². The van der Waals surface area contributed by atoms with Gasteiger partial charge in [0.2, 0.25) is 0 Å². The zero-order valence-corrected chi connectivity index (χ0v) is 16.4. The molecule has 4 aromatic rings. The van der Waals surface area contributed by atoms with Gasteiger partial charge in [0, 0.05) is 5.56 Å². The Balaban J connectivity index is 1.61. The van der Waals surface area contributed by atoms with Crippen LogP contribution < -0.4 is 5.32 Å². The average Bonchev–Trinajstić information content (AvgIpc) is 3.15. The second-order valence-electron chi connectivity index (χ2n) is 7.12. The van der Waals surface area contributed by atoms with Crippen molar-refractivity contribution in [3.8, 4) is 0 Å². The molecule has 4 nitrogen and oxygen atoms in total.